The molecule has 1 N–H and O–H groups in total. The van der Waals surface area contributed by atoms with E-state index in [4.69, 9.17) is 4.74 Å². The van der Waals surface area contributed by atoms with Crippen LogP contribution in [0.25, 0.3) is 10.8 Å². The van der Waals surface area contributed by atoms with Crippen LogP contribution in [0.4, 0.5) is 8.78 Å². The van der Waals surface area contributed by atoms with E-state index in [1.165, 1.54) is 4.68 Å². The molecule has 3 rings (SSSR count). The molecule has 7 heteroatoms. The van der Waals surface area contributed by atoms with Crippen LogP contribution in [0.2, 0.25) is 0 Å². The quantitative estimate of drug-likeness (QED) is 0.877. The molecule has 1 aliphatic heterocycles. The van der Waals surface area contributed by atoms with E-state index in [0.717, 1.165) is 12.1 Å². The van der Waals surface area contributed by atoms with Gasteiger partial charge >= 0.3 is 0 Å². The molecule has 1 saturated heterocycles. The Morgan fingerprint density at radius 2 is 1.64 bits per heavy atom. The van der Waals surface area contributed by atoms with Gasteiger partial charge in [-0.15, -0.1) is 0 Å². The number of benzene rings is 1. The number of hydrogen-bond acceptors (Lipinski definition) is 3. The first kappa shape index (κ1) is 14.9. The van der Waals surface area contributed by atoms with E-state index < -0.39 is 22.8 Å². The molecule has 2 unspecified atom stereocenters. The van der Waals surface area contributed by atoms with Crippen LogP contribution in [0.3, 0.4) is 0 Å². The van der Waals surface area contributed by atoms with Crippen molar-refractivity contribution in [1.29, 1.82) is 0 Å². The largest absolute Gasteiger partial charge is 0.375 e. The third-order valence-electron chi connectivity index (χ3n) is 4.01. The van der Waals surface area contributed by atoms with E-state index >= 15 is 0 Å². The smallest absolute Gasteiger partial charge is 0.273 e. The molecule has 0 bridgehead atoms. The maximum absolute atomic E-state index is 13.4. The number of halogens is 2. The summed E-state index contributed by atoms with van der Waals surface area (Å²) in [6.07, 6.45) is 1.03. The normalized spacial score (nSPS) is 25.5. The SMILES string of the molecule is CC1CC(n2[nH]c(=O)c3cc(F)c(F)cc3c2=O)CC(C)O1. The summed E-state index contributed by atoms with van der Waals surface area (Å²) in [6.45, 7) is 3.78. The number of nitrogens with one attached hydrogen (secondary N) is 1. The van der Waals surface area contributed by atoms with Gasteiger partial charge in [0.1, 0.15) is 0 Å². The second kappa shape index (κ2) is 5.31. The molecule has 2 atom stereocenters. The van der Waals surface area contributed by atoms with Crippen LogP contribution in [0.5, 0.6) is 0 Å². The topological polar surface area (TPSA) is 64.1 Å². The molecule has 1 aliphatic rings. The van der Waals surface area contributed by atoms with Gasteiger partial charge in [0.2, 0.25) is 0 Å². The van der Waals surface area contributed by atoms with Gasteiger partial charge in [0, 0.05) is 0 Å². The van der Waals surface area contributed by atoms with Crippen molar-refractivity contribution < 1.29 is 13.5 Å². The molecular weight excluding hydrogens is 294 g/mol. The van der Waals surface area contributed by atoms with Gasteiger partial charge in [-0.25, -0.2) is 13.5 Å². The highest BCUT2D eigenvalue weighted by atomic mass is 19.2. The highest BCUT2D eigenvalue weighted by Gasteiger charge is 2.27. The summed E-state index contributed by atoms with van der Waals surface area (Å²) in [4.78, 5) is 24.6. The van der Waals surface area contributed by atoms with Gasteiger partial charge in [0.25, 0.3) is 11.1 Å². The lowest BCUT2D eigenvalue weighted by Crippen LogP contribution is -2.39. The first-order valence-corrected chi connectivity index (χ1v) is 7.16. The molecule has 0 saturated carbocycles. The van der Waals surface area contributed by atoms with Gasteiger partial charge < -0.3 is 4.74 Å². The van der Waals surface area contributed by atoms with E-state index in [0.29, 0.717) is 12.8 Å². The molecule has 1 aromatic heterocycles. The Balaban J connectivity index is 2.19. The van der Waals surface area contributed by atoms with E-state index in [-0.39, 0.29) is 29.0 Å². The number of hydrogen-bond donors (Lipinski definition) is 1. The van der Waals surface area contributed by atoms with Crippen molar-refractivity contribution in [3.8, 4) is 0 Å². The Labute approximate surface area is 124 Å². The van der Waals surface area contributed by atoms with Crippen molar-refractivity contribution in [2.24, 2.45) is 0 Å². The Hall–Kier alpha value is -2.02. The summed E-state index contributed by atoms with van der Waals surface area (Å²) in [5.74, 6) is -2.29. The average molecular weight is 310 g/mol. The number of fused-ring (bicyclic) bond motifs is 1. The summed E-state index contributed by atoms with van der Waals surface area (Å²) >= 11 is 0. The highest BCUT2D eigenvalue weighted by molar-refractivity contribution is 5.80. The number of aromatic nitrogens is 2. The van der Waals surface area contributed by atoms with Crippen molar-refractivity contribution in [3.63, 3.8) is 0 Å². The molecule has 1 aromatic carbocycles. The lowest BCUT2D eigenvalue weighted by Gasteiger charge is -2.32. The Morgan fingerprint density at radius 3 is 2.23 bits per heavy atom. The first-order chi connectivity index (χ1) is 10.4. The molecule has 0 aliphatic carbocycles. The maximum Gasteiger partial charge on any atom is 0.273 e. The van der Waals surface area contributed by atoms with E-state index in [2.05, 4.69) is 5.10 Å². The van der Waals surface area contributed by atoms with Crippen LogP contribution in [-0.4, -0.2) is 22.0 Å². The van der Waals surface area contributed by atoms with Crippen LogP contribution in [-0.2, 0) is 4.74 Å². The second-order valence-corrected chi connectivity index (χ2v) is 5.81. The Kier molecular flexibility index (Phi) is 3.60. The lowest BCUT2D eigenvalue weighted by molar-refractivity contribution is -0.0514. The molecule has 2 heterocycles. The van der Waals surface area contributed by atoms with Crippen molar-refractivity contribution in [1.82, 2.24) is 9.78 Å². The van der Waals surface area contributed by atoms with Crippen molar-refractivity contribution in [3.05, 3.63) is 44.5 Å². The van der Waals surface area contributed by atoms with Gasteiger partial charge in [0.15, 0.2) is 11.6 Å². The molecule has 2 aromatic rings. The zero-order valence-corrected chi connectivity index (χ0v) is 12.2. The molecule has 1 fully saturated rings. The molecular formula is C15H16F2N2O3. The Morgan fingerprint density at radius 1 is 1.09 bits per heavy atom. The van der Waals surface area contributed by atoms with Gasteiger partial charge in [-0.2, -0.15) is 0 Å². The van der Waals surface area contributed by atoms with Crippen LogP contribution in [0.1, 0.15) is 32.7 Å². The highest BCUT2D eigenvalue weighted by Crippen LogP contribution is 2.27. The van der Waals surface area contributed by atoms with Crippen LogP contribution in [0, 0.1) is 11.6 Å². The Bertz CT molecular complexity index is 833. The predicted octanol–water partition coefficient (Wildman–Crippen LogP) is 2.10. The van der Waals surface area contributed by atoms with Crippen molar-refractivity contribution in [2.75, 3.05) is 0 Å². The molecule has 0 spiro atoms. The molecule has 22 heavy (non-hydrogen) atoms. The fourth-order valence-corrected chi connectivity index (χ4v) is 3.10. The van der Waals surface area contributed by atoms with Crippen molar-refractivity contribution >= 4 is 10.8 Å². The summed E-state index contributed by atoms with van der Waals surface area (Å²) in [6, 6.07) is 1.30. The summed E-state index contributed by atoms with van der Waals surface area (Å²) in [5.41, 5.74) is -1.14. The second-order valence-electron chi connectivity index (χ2n) is 5.81. The minimum Gasteiger partial charge on any atom is -0.375 e. The monoisotopic (exact) mass is 310 g/mol. The first-order valence-electron chi connectivity index (χ1n) is 7.16. The molecule has 0 radical (unpaired) electrons. The minimum absolute atomic E-state index is 0.0511. The number of aromatic amines is 1. The molecule has 5 nitrogen and oxygen atoms in total. The summed E-state index contributed by atoms with van der Waals surface area (Å²) < 4.78 is 33.5. The van der Waals surface area contributed by atoms with E-state index in [1.54, 1.807) is 0 Å². The standard InChI is InChI=1S/C15H16F2N2O3/c1-7-3-9(4-8(2)22-7)19-15(21)11-6-13(17)12(16)5-10(11)14(20)18-19/h5-9H,3-4H2,1-2H3,(H,18,20). The van der Waals surface area contributed by atoms with Crippen LogP contribution >= 0.6 is 0 Å². The number of nitrogens with zero attached hydrogens (tertiary/aromatic N) is 1. The fraction of sp³-hybridized carbons (Fsp3) is 0.467. The number of rotatable bonds is 1. The third kappa shape index (κ3) is 2.45. The van der Waals surface area contributed by atoms with Crippen molar-refractivity contribution in [2.45, 2.75) is 44.9 Å². The number of ether oxygens (including phenoxy) is 1. The minimum atomic E-state index is -1.15. The van der Waals surface area contributed by atoms with Gasteiger partial charge in [-0.05, 0) is 38.8 Å². The zero-order valence-electron chi connectivity index (χ0n) is 12.2. The lowest BCUT2D eigenvalue weighted by atomic mass is 10.00. The summed E-state index contributed by atoms with van der Waals surface area (Å²) in [7, 11) is 0. The van der Waals surface area contributed by atoms with E-state index in [1.807, 2.05) is 13.8 Å². The predicted molar refractivity (Wildman–Crippen MR) is 77.0 cm³/mol. The zero-order chi connectivity index (χ0) is 16.0. The van der Waals surface area contributed by atoms with Gasteiger partial charge in [-0.1, -0.05) is 0 Å². The van der Waals surface area contributed by atoms with Crippen LogP contribution < -0.4 is 11.1 Å². The van der Waals surface area contributed by atoms with Gasteiger partial charge in [0.05, 0.1) is 29.0 Å². The number of H-pyrrole nitrogens is 1. The van der Waals surface area contributed by atoms with Crippen LogP contribution in [0.15, 0.2) is 21.7 Å². The molecule has 0 amide bonds. The summed E-state index contributed by atoms with van der Waals surface area (Å²) in [5, 5.41) is 2.22. The van der Waals surface area contributed by atoms with E-state index in [9.17, 15) is 18.4 Å². The molecule has 118 valence electrons. The van der Waals surface area contributed by atoms with Gasteiger partial charge in [-0.3, -0.25) is 14.7 Å². The maximum atomic E-state index is 13.4. The average Bonchev–Trinajstić information content (AvgIpc) is 2.44. The fourth-order valence-electron chi connectivity index (χ4n) is 3.10. The third-order valence-corrected chi connectivity index (χ3v) is 4.01.